The summed E-state index contributed by atoms with van der Waals surface area (Å²) < 4.78 is 17.2. The quantitative estimate of drug-likeness (QED) is 0.111. The Morgan fingerprint density at radius 2 is 1.55 bits per heavy atom. The first-order valence-corrected chi connectivity index (χ1v) is 18.2. The highest BCUT2D eigenvalue weighted by molar-refractivity contribution is 5.79. The van der Waals surface area contributed by atoms with Gasteiger partial charge < -0.3 is 55.1 Å². The molecule has 49 heavy (non-hydrogen) atoms. The first kappa shape index (κ1) is 37.6. The van der Waals surface area contributed by atoms with Crippen LogP contribution >= 0.6 is 0 Å². The number of carbonyl (C=O) groups is 1. The molecule has 0 radical (unpaired) electrons. The number of methoxy groups -OCH3 is 1. The number of ether oxygens (including phenoxy) is 3. The largest absolute Gasteiger partial charge is 0.468 e. The number of carbonyl (C=O) groups excluding carboxylic acids is 1. The van der Waals surface area contributed by atoms with Gasteiger partial charge in [0.05, 0.1) is 45.2 Å². The molecule has 12 heteroatoms. The van der Waals surface area contributed by atoms with E-state index >= 15 is 0 Å². The number of aliphatic hydroxyl groups excluding tert-OH is 8. The molecule has 0 spiro atoms. The van der Waals surface area contributed by atoms with Crippen LogP contribution in [0.5, 0.6) is 0 Å². The summed E-state index contributed by atoms with van der Waals surface area (Å²) in [5.74, 6) is -0.880. The lowest BCUT2D eigenvalue weighted by Crippen LogP contribution is -2.71. The minimum atomic E-state index is -1.70. The Balaban J connectivity index is 1.38. The second-order valence-corrected chi connectivity index (χ2v) is 18.0. The summed E-state index contributed by atoms with van der Waals surface area (Å²) in [4.78, 5) is 13.6. The number of rotatable bonds is 6. The fraction of sp³-hybridized carbons (Fsp3) is 0.919. The predicted octanol–water partition coefficient (Wildman–Crippen LogP) is 1.03. The van der Waals surface area contributed by atoms with Gasteiger partial charge in [0.1, 0.15) is 29.8 Å². The third-order valence-electron chi connectivity index (χ3n) is 15.5. The number of esters is 1. The van der Waals surface area contributed by atoms with E-state index in [9.17, 15) is 45.6 Å². The van der Waals surface area contributed by atoms with Gasteiger partial charge in [-0.2, -0.15) is 0 Å². The Morgan fingerprint density at radius 1 is 0.878 bits per heavy atom. The van der Waals surface area contributed by atoms with Gasteiger partial charge in [0.15, 0.2) is 6.29 Å². The van der Waals surface area contributed by atoms with Crippen LogP contribution in [0.15, 0.2) is 11.6 Å². The van der Waals surface area contributed by atoms with Gasteiger partial charge in [0.25, 0.3) is 0 Å². The van der Waals surface area contributed by atoms with E-state index in [0.29, 0.717) is 32.1 Å². The number of allylic oxidation sites excluding steroid dienone is 2. The predicted molar refractivity (Wildman–Crippen MR) is 175 cm³/mol. The molecule has 5 fully saturated rings. The van der Waals surface area contributed by atoms with Crippen LogP contribution in [0.4, 0.5) is 0 Å². The molecule has 15 atom stereocenters. The maximum atomic E-state index is 13.6. The van der Waals surface area contributed by atoms with Crippen molar-refractivity contribution in [3.05, 3.63) is 11.6 Å². The van der Waals surface area contributed by atoms with Crippen LogP contribution in [0.3, 0.4) is 0 Å². The van der Waals surface area contributed by atoms with Crippen LogP contribution in [0.2, 0.25) is 0 Å². The highest BCUT2D eigenvalue weighted by Gasteiger charge is 2.73. The third-order valence-corrected chi connectivity index (χ3v) is 15.5. The monoisotopic (exact) mass is 696 g/mol. The summed E-state index contributed by atoms with van der Waals surface area (Å²) in [5, 5.41) is 87.4. The topological polar surface area (TPSA) is 207 Å². The second-order valence-electron chi connectivity index (χ2n) is 18.0. The van der Waals surface area contributed by atoms with Crippen molar-refractivity contribution >= 4 is 5.97 Å². The molecule has 8 N–H and O–H groups in total. The first-order chi connectivity index (χ1) is 22.9. The smallest absolute Gasteiger partial charge is 0.315 e. The Labute approximate surface area is 289 Å². The highest BCUT2D eigenvalue weighted by Crippen LogP contribution is 2.76. The van der Waals surface area contributed by atoms with Crippen LogP contribution < -0.4 is 0 Å². The summed E-state index contributed by atoms with van der Waals surface area (Å²) in [7, 11) is 1.40. The molecule has 0 aromatic heterocycles. The molecule has 1 saturated heterocycles. The summed E-state index contributed by atoms with van der Waals surface area (Å²) >= 11 is 0. The van der Waals surface area contributed by atoms with E-state index < -0.39 is 90.5 Å². The molecule has 4 saturated carbocycles. The van der Waals surface area contributed by atoms with E-state index in [1.165, 1.54) is 12.7 Å². The lowest BCUT2D eigenvalue weighted by atomic mass is 9.33. The molecule has 0 bridgehead atoms. The molecule has 280 valence electrons. The van der Waals surface area contributed by atoms with E-state index in [1.807, 2.05) is 0 Å². The molecule has 0 amide bonds. The van der Waals surface area contributed by atoms with Crippen molar-refractivity contribution in [2.75, 3.05) is 26.9 Å². The molecule has 0 aromatic carbocycles. The van der Waals surface area contributed by atoms with Crippen molar-refractivity contribution in [1.82, 2.24) is 0 Å². The van der Waals surface area contributed by atoms with E-state index in [4.69, 9.17) is 14.2 Å². The summed E-state index contributed by atoms with van der Waals surface area (Å²) in [5.41, 5.74) is -2.62. The molecule has 0 aromatic rings. The molecule has 12 nitrogen and oxygen atoms in total. The van der Waals surface area contributed by atoms with E-state index in [0.717, 1.165) is 12.8 Å². The van der Waals surface area contributed by atoms with Crippen LogP contribution in [0, 0.1) is 50.2 Å². The SMILES string of the molecule is COC(=O)C12CCC(C)(C)CC1C1=CCC3C4(C)CC(O)C(OC5OC(CO)C(O)C(O)C5O)C(CO)(CO)C4CCC3(C)C1(C)CC2O. The Bertz CT molecular complexity index is 1300. The molecule has 5 aliphatic carbocycles. The maximum Gasteiger partial charge on any atom is 0.315 e. The fourth-order valence-corrected chi connectivity index (χ4v) is 12.6. The molecule has 15 unspecified atom stereocenters. The van der Waals surface area contributed by atoms with E-state index in [1.54, 1.807) is 0 Å². The van der Waals surface area contributed by atoms with E-state index in [-0.39, 0.29) is 41.0 Å². The highest BCUT2D eigenvalue weighted by atomic mass is 16.7. The number of fused-ring (bicyclic) bond motifs is 7. The summed E-state index contributed by atoms with van der Waals surface area (Å²) in [6.45, 7) is 9.38. The standard InChI is InChI=1S/C37H60O12/c1-32(2)11-12-37(31(46)47-6)20(13-32)19-7-8-23-33(3)14-21(41)29(49-30-28(45)27(44)26(43)22(16-38)48-30)36(17-39,18-40)24(33)9-10-34(23,4)35(19,5)15-25(37)42/h7,20-30,38-45H,8-18H2,1-6H3. The fourth-order valence-electron chi connectivity index (χ4n) is 12.6. The van der Waals surface area contributed by atoms with Crippen LogP contribution in [0.1, 0.15) is 86.0 Å². The van der Waals surface area contributed by atoms with Crippen molar-refractivity contribution in [3.8, 4) is 0 Å². The lowest BCUT2D eigenvalue weighted by Gasteiger charge is -2.72. The van der Waals surface area contributed by atoms with Gasteiger partial charge >= 0.3 is 5.97 Å². The van der Waals surface area contributed by atoms with Gasteiger partial charge in [0, 0.05) is 5.41 Å². The average molecular weight is 697 g/mol. The minimum Gasteiger partial charge on any atom is -0.468 e. The zero-order valence-electron chi connectivity index (χ0n) is 29.9. The van der Waals surface area contributed by atoms with Crippen LogP contribution in [-0.4, -0.2) is 123 Å². The molecular weight excluding hydrogens is 636 g/mol. The van der Waals surface area contributed by atoms with Crippen molar-refractivity contribution in [3.63, 3.8) is 0 Å². The van der Waals surface area contributed by atoms with Gasteiger partial charge in [-0.3, -0.25) is 4.79 Å². The zero-order chi connectivity index (χ0) is 36.1. The van der Waals surface area contributed by atoms with Gasteiger partial charge in [0.2, 0.25) is 0 Å². The van der Waals surface area contributed by atoms with Gasteiger partial charge in [-0.05, 0) is 90.8 Å². The zero-order valence-corrected chi connectivity index (χ0v) is 29.9. The molecular formula is C37H60O12. The molecule has 6 aliphatic rings. The first-order valence-electron chi connectivity index (χ1n) is 18.2. The Hall–Kier alpha value is -1.19. The molecule has 1 aliphatic heterocycles. The lowest BCUT2D eigenvalue weighted by molar-refractivity contribution is -0.349. The summed E-state index contributed by atoms with van der Waals surface area (Å²) in [6, 6.07) is 0. The molecule has 1 heterocycles. The van der Waals surface area contributed by atoms with Gasteiger partial charge in [-0.1, -0.05) is 46.3 Å². The minimum absolute atomic E-state index is 0.0201. The van der Waals surface area contributed by atoms with Crippen molar-refractivity contribution in [2.45, 2.75) is 135 Å². The Morgan fingerprint density at radius 3 is 2.16 bits per heavy atom. The van der Waals surface area contributed by atoms with E-state index in [2.05, 4.69) is 40.7 Å². The molecule has 6 rings (SSSR count). The van der Waals surface area contributed by atoms with Crippen LogP contribution in [-0.2, 0) is 19.0 Å². The third kappa shape index (κ3) is 5.02. The summed E-state index contributed by atoms with van der Waals surface area (Å²) in [6.07, 6.45) is -4.02. The normalized spacial score (nSPS) is 51.7. The number of hydrogen-bond donors (Lipinski definition) is 8. The van der Waals surface area contributed by atoms with Gasteiger partial charge in [-0.15, -0.1) is 0 Å². The second kappa shape index (κ2) is 12.5. The van der Waals surface area contributed by atoms with Gasteiger partial charge in [-0.25, -0.2) is 0 Å². The van der Waals surface area contributed by atoms with Crippen molar-refractivity contribution < 1.29 is 59.9 Å². The Kier molecular flexibility index (Phi) is 9.55. The number of aliphatic hydroxyl groups is 8. The van der Waals surface area contributed by atoms with Crippen molar-refractivity contribution in [1.29, 1.82) is 0 Å². The maximum absolute atomic E-state index is 13.6. The average Bonchev–Trinajstić information content (AvgIpc) is 3.05. The van der Waals surface area contributed by atoms with Crippen molar-refractivity contribution in [2.24, 2.45) is 50.2 Å². The van der Waals surface area contributed by atoms with Crippen LogP contribution in [0.25, 0.3) is 0 Å². The number of hydrogen-bond acceptors (Lipinski definition) is 12.